The number of hydrogen-bond acceptors (Lipinski definition) is 5. The van der Waals surface area contributed by atoms with Crippen molar-refractivity contribution in [3.8, 4) is 0 Å². The number of carbonyl (C=O) groups excluding carboxylic acids is 1. The average molecular weight is 370 g/mol. The van der Waals surface area contributed by atoms with E-state index in [9.17, 15) is 9.18 Å². The number of halogens is 1. The quantitative estimate of drug-likeness (QED) is 0.900. The van der Waals surface area contributed by atoms with Crippen molar-refractivity contribution in [2.45, 2.75) is 12.8 Å². The maximum Gasteiger partial charge on any atom is 0.322 e. The van der Waals surface area contributed by atoms with Gasteiger partial charge in [0.2, 0.25) is 5.95 Å². The van der Waals surface area contributed by atoms with Crippen molar-refractivity contribution in [3.63, 3.8) is 0 Å². The average Bonchev–Trinajstić information content (AvgIpc) is 3.25. The van der Waals surface area contributed by atoms with Crippen molar-refractivity contribution in [2.24, 2.45) is 0 Å². The molecular weight excluding hydrogens is 347 g/mol. The number of piperazine rings is 1. The fourth-order valence-electron chi connectivity index (χ4n) is 3.48. The van der Waals surface area contributed by atoms with Gasteiger partial charge >= 0.3 is 6.03 Å². The van der Waals surface area contributed by atoms with Crippen LogP contribution in [0.25, 0.3) is 0 Å². The summed E-state index contributed by atoms with van der Waals surface area (Å²) in [5, 5.41) is 2.64. The normalized spacial score (nSPS) is 17.3. The van der Waals surface area contributed by atoms with Crippen molar-refractivity contribution >= 4 is 23.5 Å². The monoisotopic (exact) mass is 370 g/mol. The molecule has 8 heteroatoms. The number of rotatable bonds is 3. The lowest BCUT2D eigenvalue weighted by Crippen LogP contribution is -2.50. The lowest BCUT2D eigenvalue weighted by atomic mass is 10.3. The van der Waals surface area contributed by atoms with E-state index in [1.807, 2.05) is 6.07 Å². The van der Waals surface area contributed by atoms with Gasteiger partial charge in [0.05, 0.1) is 5.69 Å². The zero-order chi connectivity index (χ0) is 18.6. The molecule has 2 aliphatic heterocycles. The topological polar surface area (TPSA) is 64.6 Å². The molecule has 0 radical (unpaired) electrons. The molecule has 2 aromatic rings. The van der Waals surface area contributed by atoms with Gasteiger partial charge in [-0.05, 0) is 31.0 Å². The summed E-state index contributed by atoms with van der Waals surface area (Å²) in [4.78, 5) is 27.6. The van der Waals surface area contributed by atoms with Crippen LogP contribution >= 0.6 is 0 Å². The number of hydrogen-bond donors (Lipinski definition) is 1. The van der Waals surface area contributed by atoms with Gasteiger partial charge in [0.1, 0.15) is 11.6 Å². The lowest BCUT2D eigenvalue weighted by Gasteiger charge is -2.35. The van der Waals surface area contributed by atoms with Crippen LogP contribution in [0.15, 0.2) is 36.5 Å². The van der Waals surface area contributed by atoms with Crippen molar-refractivity contribution in [3.05, 3.63) is 42.3 Å². The second-order valence-corrected chi connectivity index (χ2v) is 6.79. The molecule has 2 amide bonds. The summed E-state index contributed by atoms with van der Waals surface area (Å²) < 4.78 is 13.7. The molecule has 0 bridgehead atoms. The van der Waals surface area contributed by atoms with E-state index >= 15 is 0 Å². The zero-order valence-electron chi connectivity index (χ0n) is 15.1. The maximum absolute atomic E-state index is 13.7. The highest BCUT2D eigenvalue weighted by Gasteiger charge is 2.23. The molecule has 0 spiro atoms. The Morgan fingerprint density at radius 3 is 2.44 bits per heavy atom. The number of amides is 2. The standard InChI is InChI=1S/C19H23FN6O/c20-15-5-1-2-6-16(15)22-19(27)26-13-11-24(12-14-26)17-7-8-21-18(23-17)25-9-3-4-10-25/h1-2,5-8H,3-4,9-14H2,(H,22,27). The van der Waals surface area contributed by atoms with Crippen molar-refractivity contribution < 1.29 is 9.18 Å². The van der Waals surface area contributed by atoms with Gasteiger partial charge in [0.25, 0.3) is 0 Å². The van der Waals surface area contributed by atoms with Gasteiger partial charge in [-0.25, -0.2) is 14.2 Å². The Morgan fingerprint density at radius 2 is 1.70 bits per heavy atom. The highest BCUT2D eigenvalue weighted by atomic mass is 19.1. The van der Waals surface area contributed by atoms with Crippen LogP contribution in [-0.4, -0.2) is 60.2 Å². The zero-order valence-corrected chi connectivity index (χ0v) is 15.1. The summed E-state index contributed by atoms with van der Waals surface area (Å²) in [6.07, 6.45) is 4.17. The second-order valence-electron chi connectivity index (χ2n) is 6.79. The third-order valence-corrected chi connectivity index (χ3v) is 5.02. The number of anilines is 3. The Labute approximate surface area is 157 Å². The first-order valence-corrected chi connectivity index (χ1v) is 9.34. The number of benzene rings is 1. The number of para-hydroxylation sites is 1. The van der Waals surface area contributed by atoms with E-state index < -0.39 is 5.82 Å². The van der Waals surface area contributed by atoms with Gasteiger partial charge in [-0.15, -0.1) is 0 Å². The fourth-order valence-corrected chi connectivity index (χ4v) is 3.48. The van der Waals surface area contributed by atoms with Crippen LogP contribution in [0.4, 0.5) is 26.6 Å². The molecule has 1 aromatic heterocycles. The molecular formula is C19H23FN6O. The summed E-state index contributed by atoms with van der Waals surface area (Å²) in [6, 6.07) is 7.82. The first-order chi connectivity index (χ1) is 13.2. The van der Waals surface area contributed by atoms with Gasteiger partial charge in [-0.3, -0.25) is 0 Å². The van der Waals surface area contributed by atoms with Crippen LogP contribution in [0.2, 0.25) is 0 Å². The van der Waals surface area contributed by atoms with E-state index in [0.29, 0.717) is 26.2 Å². The van der Waals surface area contributed by atoms with Crippen LogP contribution < -0.4 is 15.1 Å². The first kappa shape index (κ1) is 17.5. The smallest absolute Gasteiger partial charge is 0.322 e. The Kier molecular flexibility index (Phi) is 5.04. The molecule has 142 valence electrons. The van der Waals surface area contributed by atoms with Gasteiger partial charge in [-0.2, -0.15) is 4.98 Å². The van der Waals surface area contributed by atoms with Crippen LogP contribution in [0.3, 0.4) is 0 Å². The van der Waals surface area contributed by atoms with Crippen LogP contribution in [0.5, 0.6) is 0 Å². The number of urea groups is 1. The number of nitrogens with one attached hydrogen (secondary N) is 1. The maximum atomic E-state index is 13.7. The summed E-state index contributed by atoms with van der Waals surface area (Å²) in [6.45, 7) is 4.50. The van der Waals surface area contributed by atoms with Crippen LogP contribution in [0, 0.1) is 5.82 Å². The molecule has 3 heterocycles. The fraction of sp³-hybridized carbons (Fsp3) is 0.421. The van der Waals surface area contributed by atoms with E-state index in [0.717, 1.165) is 24.9 Å². The number of carbonyl (C=O) groups is 1. The molecule has 0 saturated carbocycles. The van der Waals surface area contributed by atoms with Crippen molar-refractivity contribution in [1.82, 2.24) is 14.9 Å². The minimum absolute atomic E-state index is 0.205. The molecule has 2 saturated heterocycles. The molecule has 4 rings (SSSR count). The Bertz CT molecular complexity index is 802. The molecule has 27 heavy (non-hydrogen) atoms. The highest BCUT2D eigenvalue weighted by molar-refractivity contribution is 5.89. The Balaban J connectivity index is 1.35. The van der Waals surface area contributed by atoms with E-state index in [1.165, 1.54) is 18.9 Å². The predicted molar refractivity (Wildman–Crippen MR) is 103 cm³/mol. The summed E-state index contributed by atoms with van der Waals surface area (Å²) >= 11 is 0. The molecule has 0 aliphatic carbocycles. The molecule has 2 aliphatic rings. The molecule has 2 fully saturated rings. The summed E-state index contributed by atoms with van der Waals surface area (Å²) in [5.41, 5.74) is 0.205. The largest absolute Gasteiger partial charge is 0.353 e. The van der Waals surface area contributed by atoms with E-state index in [2.05, 4.69) is 20.1 Å². The van der Waals surface area contributed by atoms with Gasteiger partial charge in [0, 0.05) is 45.5 Å². The minimum atomic E-state index is -0.431. The predicted octanol–water partition coefficient (Wildman–Crippen LogP) is 2.57. The number of nitrogens with zero attached hydrogens (tertiary/aromatic N) is 5. The van der Waals surface area contributed by atoms with E-state index in [1.54, 1.807) is 29.3 Å². The van der Waals surface area contributed by atoms with Crippen molar-refractivity contribution in [2.75, 3.05) is 54.4 Å². The third kappa shape index (κ3) is 3.94. The third-order valence-electron chi connectivity index (χ3n) is 5.02. The van der Waals surface area contributed by atoms with E-state index in [4.69, 9.17) is 4.98 Å². The van der Waals surface area contributed by atoms with Gasteiger partial charge in [0.15, 0.2) is 0 Å². The highest BCUT2D eigenvalue weighted by Crippen LogP contribution is 2.20. The van der Waals surface area contributed by atoms with Gasteiger partial charge in [-0.1, -0.05) is 12.1 Å². The molecule has 0 atom stereocenters. The summed E-state index contributed by atoms with van der Waals surface area (Å²) in [7, 11) is 0. The molecule has 0 unspecified atom stereocenters. The van der Waals surface area contributed by atoms with Crippen LogP contribution in [0.1, 0.15) is 12.8 Å². The number of aromatic nitrogens is 2. The van der Waals surface area contributed by atoms with Gasteiger partial charge < -0.3 is 20.0 Å². The lowest BCUT2D eigenvalue weighted by molar-refractivity contribution is 0.208. The Morgan fingerprint density at radius 1 is 0.963 bits per heavy atom. The first-order valence-electron chi connectivity index (χ1n) is 9.34. The molecule has 1 aromatic carbocycles. The molecule has 7 nitrogen and oxygen atoms in total. The molecule has 1 N–H and O–H groups in total. The van der Waals surface area contributed by atoms with Crippen molar-refractivity contribution in [1.29, 1.82) is 0 Å². The summed E-state index contributed by atoms with van der Waals surface area (Å²) in [5.74, 6) is 1.24. The van der Waals surface area contributed by atoms with Crippen LogP contribution in [-0.2, 0) is 0 Å². The van der Waals surface area contributed by atoms with E-state index in [-0.39, 0.29) is 11.7 Å². The Hall–Kier alpha value is -2.90. The second kappa shape index (κ2) is 7.77. The minimum Gasteiger partial charge on any atom is -0.353 e. The SMILES string of the molecule is O=C(Nc1ccccc1F)N1CCN(c2ccnc(N3CCCC3)n2)CC1.